The molecule has 3 heterocycles. The number of hydrogen-bond acceptors (Lipinski definition) is 6. The third-order valence-corrected chi connectivity index (χ3v) is 4.97. The predicted octanol–water partition coefficient (Wildman–Crippen LogP) is 0.685. The summed E-state index contributed by atoms with van der Waals surface area (Å²) in [6, 6.07) is 0. The number of halogens is 1. The van der Waals surface area contributed by atoms with Crippen LogP contribution in [-0.4, -0.2) is 58.8 Å². The molecule has 0 saturated carbocycles. The highest BCUT2D eigenvalue weighted by molar-refractivity contribution is 6.61. The number of aliphatic hydroxyl groups is 1. The number of rotatable bonds is 2. The molecule has 0 aromatic carbocycles. The summed E-state index contributed by atoms with van der Waals surface area (Å²) < 4.78 is 25.5. The molecule has 6 nitrogen and oxygen atoms in total. The van der Waals surface area contributed by atoms with Gasteiger partial charge in [-0.15, -0.1) is 0 Å². The smallest absolute Gasteiger partial charge is 0.399 e. The van der Waals surface area contributed by atoms with Gasteiger partial charge in [0, 0.05) is 24.4 Å². The van der Waals surface area contributed by atoms with Crippen LogP contribution in [0.3, 0.4) is 0 Å². The van der Waals surface area contributed by atoms with E-state index in [1.807, 2.05) is 27.7 Å². The Kier molecular flexibility index (Phi) is 4.10. The standard InChI is InChI=1S/C15H23BFN3O3/c1-14(2)15(3,4)23-16(22-14)10-7-18-13(19-8-10)20-6-5-12(21)11(17)9-20/h7-8,11-12,21H,5-6,9H2,1-4H3/t11-,12-/m0/s1. The van der Waals surface area contributed by atoms with Crippen molar-refractivity contribution in [3.05, 3.63) is 12.4 Å². The molecule has 1 aromatic heterocycles. The molecule has 8 heteroatoms. The lowest BCUT2D eigenvalue weighted by Gasteiger charge is -2.32. The summed E-state index contributed by atoms with van der Waals surface area (Å²) in [5.41, 5.74) is -0.0945. The minimum atomic E-state index is -1.27. The van der Waals surface area contributed by atoms with E-state index in [2.05, 4.69) is 9.97 Å². The van der Waals surface area contributed by atoms with E-state index in [9.17, 15) is 9.50 Å². The number of aliphatic hydroxyl groups excluding tert-OH is 1. The van der Waals surface area contributed by atoms with Gasteiger partial charge in [0.1, 0.15) is 6.17 Å². The summed E-state index contributed by atoms with van der Waals surface area (Å²) in [6.45, 7) is 8.60. The van der Waals surface area contributed by atoms with E-state index in [1.165, 1.54) is 0 Å². The second-order valence-electron chi connectivity index (χ2n) is 7.22. The van der Waals surface area contributed by atoms with Crippen LogP contribution in [0.2, 0.25) is 0 Å². The third kappa shape index (κ3) is 3.07. The van der Waals surface area contributed by atoms with Crippen molar-refractivity contribution < 1.29 is 18.8 Å². The van der Waals surface area contributed by atoms with Gasteiger partial charge in [0.25, 0.3) is 0 Å². The summed E-state index contributed by atoms with van der Waals surface area (Å²) >= 11 is 0. The molecule has 0 radical (unpaired) electrons. The normalized spacial score (nSPS) is 29.8. The van der Waals surface area contributed by atoms with Gasteiger partial charge in [-0.3, -0.25) is 0 Å². The third-order valence-electron chi connectivity index (χ3n) is 4.97. The molecule has 2 saturated heterocycles. The lowest BCUT2D eigenvalue weighted by atomic mass is 9.81. The molecular formula is C15H23BFN3O3. The first-order chi connectivity index (χ1) is 10.7. The van der Waals surface area contributed by atoms with Gasteiger partial charge in [0.05, 0.1) is 23.9 Å². The fraction of sp³-hybridized carbons (Fsp3) is 0.733. The fourth-order valence-electron chi connectivity index (χ4n) is 2.67. The Bertz CT molecular complexity index is 554. The van der Waals surface area contributed by atoms with Crippen molar-refractivity contribution in [2.45, 2.75) is 57.6 Å². The minimum absolute atomic E-state index is 0.108. The molecule has 0 amide bonds. The molecule has 0 aliphatic carbocycles. The number of alkyl halides is 1. The largest absolute Gasteiger partial charge is 0.498 e. The number of aromatic nitrogens is 2. The zero-order valence-corrected chi connectivity index (χ0v) is 14.0. The van der Waals surface area contributed by atoms with Crippen LogP contribution in [0.25, 0.3) is 0 Å². The Labute approximate surface area is 136 Å². The highest BCUT2D eigenvalue weighted by Crippen LogP contribution is 2.36. The SMILES string of the molecule is CC1(C)OB(c2cnc(N3CC[C@H](O)[C@@H](F)C3)nc2)OC1(C)C. The van der Waals surface area contributed by atoms with Crippen LogP contribution in [0.1, 0.15) is 34.1 Å². The van der Waals surface area contributed by atoms with Crippen molar-refractivity contribution in [2.24, 2.45) is 0 Å². The molecule has 0 unspecified atom stereocenters. The van der Waals surface area contributed by atoms with E-state index in [0.29, 0.717) is 18.9 Å². The van der Waals surface area contributed by atoms with E-state index in [1.54, 1.807) is 17.3 Å². The number of hydrogen-bond donors (Lipinski definition) is 1. The molecule has 2 aliphatic rings. The molecule has 1 aromatic rings. The Morgan fingerprint density at radius 1 is 1.22 bits per heavy atom. The van der Waals surface area contributed by atoms with Crippen molar-refractivity contribution in [3.63, 3.8) is 0 Å². The highest BCUT2D eigenvalue weighted by Gasteiger charge is 2.52. The average Bonchev–Trinajstić information content (AvgIpc) is 2.71. The van der Waals surface area contributed by atoms with Crippen LogP contribution in [0, 0.1) is 0 Å². The molecule has 2 fully saturated rings. The topological polar surface area (TPSA) is 67.7 Å². The van der Waals surface area contributed by atoms with Crippen molar-refractivity contribution >= 4 is 18.5 Å². The fourth-order valence-corrected chi connectivity index (χ4v) is 2.67. The Morgan fingerprint density at radius 3 is 2.30 bits per heavy atom. The van der Waals surface area contributed by atoms with Crippen LogP contribution in [0.15, 0.2) is 12.4 Å². The van der Waals surface area contributed by atoms with Crippen LogP contribution < -0.4 is 10.4 Å². The van der Waals surface area contributed by atoms with E-state index >= 15 is 0 Å². The molecule has 2 atom stereocenters. The van der Waals surface area contributed by atoms with Crippen LogP contribution in [-0.2, 0) is 9.31 Å². The summed E-state index contributed by atoms with van der Waals surface area (Å²) in [6.07, 6.45) is 1.53. The minimum Gasteiger partial charge on any atom is -0.399 e. The quantitative estimate of drug-likeness (QED) is 0.808. The first kappa shape index (κ1) is 16.6. The maximum atomic E-state index is 13.6. The average molecular weight is 323 g/mol. The van der Waals surface area contributed by atoms with Crippen LogP contribution in [0.4, 0.5) is 10.3 Å². The number of anilines is 1. The monoisotopic (exact) mass is 323 g/mol. The molecular weight excluding hydrogens is 300 g/mol. The zero-order valence-electron chi connectivity index (χ0n) is 14.0. The van der Waals surface area contributed by atoms with Crippen LogP contribution in [0.5, 0.6) is 0 Å². The first-order valence-corrected chi connectivity index (χ1v) is 7.94. The Hall–Kier alpha value is -1.25. The second kappa shape index (κ2) is 5.68. The van der Waals surface area contributed by atoms with Gasteiger partial charge in [-0.2, -0.15) is 0 Å². The van der Waals surface area contributed by atoms with E-state index in [-0.39, 0.29) is 6.54 Å². The van der Waals surface area contributed by atoms with Gasteiger partial charge in [-0.05, 0) is 34.1 Å². The van der Waals surface area contributed by atoms with Gasteiger partial charge < -0.3 is 19.3 Å². The molecule has 3 rings (SSSR count). The van der Waals surface area contributed by atoms with Crippen molar-refractivity contribution in [1.82, 2.24) is 9.97 Å². The van der Waals surface area contributed by atoms with Crippen LogP contribution >= 0.6 is 0 Å². The van der Waals surface area contributed by atoms with E-state index < -0.39 is 30.6 Å². The van der Waals surface area contributed by atoms with E-state index in [0.717, 1.165) is 5.46 Å². The van der Waals surface area contributed by atoms with E-state index in [4.69, 9.17) is 9.31 Å². The Balaban J connectivity index is 1.71. The van der Waals surface area contributed by atoms with Gasteiger partial charge in [-0.1, -0.05) is 0 Å². The van der Waals surface area contributed by atoms with Gasteiger partial charge in [-0.25, -0.2) is 14.4 Å². The summed E-state index contributed by atoms with van der Waals surface area (Å²) in [5, 5.41) is 9.45. The number of nitrogens with zero attached hydrogens (tertiary/aromatic N) is 3. The molecule has 23 heavy (non-hydrogen) atoms. The summed E-state index contributed by atoms with van der Waals surface area (Å²) in [5.74, 6) is 0.458. The predicted molar refractivity (Wildman–Crippen MR) is 85.5 cm³/mol. The second-order valence-corrected chi connectivity index (χ2v) is 7.22. The lowest BCUT2D eigenvalue weighted by molar-refractivity contribution is 0.00578. The first-order valence-electron chi connectivity index (χ1n) is 7.94. The van der Waals surface area contributed by atoms with Gasteiger partial charge in [0.2, 0.25) is 5.95 Å². The molecule has 0 bridgehead atoms. The lowest BCUT2D eigenvalue weighted by Crippen LogP contribution is -2.45. The van der Waals surface area contributed by atoms with Gasteiger partial charge in [0.15, 0.2) is 0 Å². The maximum Gasteiger partial charge on any atom is 0.498 e. The summed E-state index contributed by atoms with van der Waals surface area (Å²) in [4.78, 5) is 10.4. The highest BCUT2D eigenvalue weighted by atomic mass is 19.1. The van der Waals surface area contributed by atoms with Crippen molar-refractivity contribution in [1.29, 1.82) is 0 Å². The maximum absolute atomic E-state index is 13.6. The van der Waals surface area contributed by atoms with Crippen molar-refractivity contribution in [2.75, 3.05) is 18.0 Å². The van der Waals surface area contributed by atoms with Gasteiger partial charge >= 0.3 is 7.12 Å². The zero-order chi connectivity index (χ0) is 16.8. The molecule has 1 N–H and O–H groups in total. The summed E-state index contributed by atoms with van der Waals surface area (Å²) in [7, 11) is -0.508. The Morgan fingerprint density at radius 2 is 1.78 bits per heavy atom. The number of piperidine rings is 1. The molecule has 2 aliphatic heterocycles. The molecule has 0 spiro atoms. The molecule has 126 valence electrons. The van der Waals surface area contributed by atoms with Crippen molar-refractivity contribution in [3.8, 4) is 0 Å².